The van der Waals surface area contributed by atoms with Crippen LogP contribution in [0.25, 0.3) is 0 Å². The molecule has 2 N–H and O–H groups in total. The molecule has 0 bridgehead atoms. The summed E-state index contributed by atoms with van der Waals surface area (Å²) in [6.07, 6.45) is 8.85. The van der Waals surface area contributed by atoms with Crippen molar-refractivity contribution in [1.82, 2.24) is 24.6 Å². The van der Waals surface area contributed by atoms with E-state index < -0.39 is 0 Å². The molecule has 0 saturated heterocycles. The molecule has 1 unspecified atom stereocenters. The fraction of sp³-hybridized carbons (Fsp3) is 0.600. The molecule has 7 heteroatoms. The number of methoxy groups -OCH3 is 1. The van der Waals surface area contributed by atoms with E-state index in [0.717, 1.165) is 30.8 Å². The predicted octanol–water partition coefficient (Wildman–Crippen LogP) is 0.554. The minimum Gasteiger partial charge on any atom is -0.481 e. The van der Waals surface area contributed by atoms with Gasteiger partial charge in [-0.15, -0.1) is 0 Å². The molecular formula is C15H23N5O2. The maximum atomic E-state index is 10.3. The number of aromatic nitrogens is 4. The SMILES string of the molecule is COc1c(CN[C@@H]2CC(Cn3ccnc3)C[C@H]2O)cnn1C. The second-order valence-electron chi connectivity index (χ2n) is 5.95. The highest BCUT2D eigenvalue weighted by molar-refractivity contribution is 5.23. The van der Waals surface area contributed by atoms with Crippen molar-refractivity contribution in [2.75, 3.05) is 7.11 Å². The van der Waals surface area contributed by atoms with Crippen molar-refractivity contribution < 1.29 is 9.84 Å². The Labute approximate surface area is 129 Å². The number of nitrogens with zero attached hydrogens (tertiary/aromatic N) is 4. The first kappa shape index (κ1) is 15.1. The van der Waals surface area contributed by atoms with Crippen LogP contribution in [0.2, 0.25) is 0 Å². The number of imidazole rings is 1. The van der Waals surface area contributed by atoms with Gasteiger partial charge in [0.25, 0.3) is 0 Å². The summed E-state index contributed by atoms with van der Waals surface area (Å²) < 4.78 is 9.12. The van der Waals surface area contributed by atoms with Crippen molar-refractivity contribution in [3.63, 3.8) is 0 Å². The number of nitrogens with one attached hydrogen (secondary N) is 1. The molecule has 2 aromatic rings. The first-order valence-corrected chi connectivity index (χ1v) is 7.59. The lowest BCUT2D eigenvalue weighted by Crippen LogP contribution is -2.35. The average molecular weight is 305 g/mol. The Morgan fingerprint density at radius 1 is 1.45 bits per heavy atom. The Hall–Kier alpha value is -1.86. The molecule has 120 valence electrons. The van der Waals surface area contributed by atoms with E-state index in [0.29, 0.717) is 12.5 Å². The molecule has 3 atom stereocenters. The topological polar surface area (TPSA) is 77.1 Å². The number of hydrogen-bond acceptors (Lipinski definition) is 5. The third-order valence-electron chi connectivity index (χ3n) is 4.36. The second-order valence-corrected chi connectivity index (χ2v) is 5.95. The molecule has 0 aliphatic heterocycles. The molecule has 1 fully saturated rings. The summed E-state index contributed by atoms with van der Waals surface area (Å²) in [5, 5.41) is 17.9. The lowest BCUT2D eigenvalue weighted by Gasteiger charge is -2.16. The van der Waals surface area contributed by atoms with Gasteiger partial charge in [0.1, 0.15) is 0 Å². The molecule has 0 aromatic carbocycles. The van der Waals surface area contributed by atoms with E-state index in [1.165, 1.54) is 0 Å². The Kier molecular flexibility index (Phi) is 4.44. The predicted molar refractivity (Wildman–Crippen MR) is 81.3 cm³/mol. The van der Waals surface area contributed by atoms with E-state index in [4.69, 9.17) is 4.74 Å². The zero-order valence-electron chi connectivity index (χ0n) is 13.0. The van der Waals surface area contributed by atoms with Crippen LogP contribution in [0.1, 0.15) is 18.4 Å². The van der Waals surface area contributed by atoms with Gasteiger partial charge in [-0.25, -0.2) is 9.67 Å². The fourth-order valence-electron chi connectivity index (χ4n) is 3.28. The van der Waals surface area contributed by atoms with Gasteiger partial charge in [0.05, 0.1) is 25.7 Å². The van der Waals surface area contributed by atoms with E-state index in [1.54, 1.807) is 24.2 Å². The highest BCUT2D eigenvalue weighted by Crippen LogP contribution is 2.28. The number of rotatable bonds is 6. The van der Waals surface area contributed by atoms with Gasteiger partial charge in [-0.3, -0.25) is 0 Å². The number of aliphatic hydroxyl groups excluding tert-OH is 1. The number of hydrogen-bond donors (Lipinski definition) is 2. The second kappa shape index (κ2) is 6.50. The Balaban J connectivity index is 1.54. The largest absolute Gasteiger partial charge is 0.481 e. The van der Waals surface area contributed by atoms with Crippen molar-refractivity contribution in [3.8, 4) is 5.88 Å². The van der Waals surface area contributed by atoms with Gasteiger partial charge in [-0.2, -0.15) is 5.10 Å². The number of aryl methyl sites for hydroxylation is 1. The Morgan fingerprint density at radius 2 is 2.32 bits per heavy atom. The maximum Gasteiger partial charge on any atom is 0.215 e. The molecule has 0 radical (unpaired) electrons. The standard InChI is InChI=1S/C15H23N5O2/c1-19-15(22-2)12(8-18-19)7-17-13-5-11(6-14(13)21)9-20-4-3-16-10-20/h3-4,8,10-11,13-14,17,21H,5-7,9H2,1-2H3/t11?,13-,14-/m1/s1. The monoisotopic (exact) mass is 305 g/mol. The van der Waals surface area contributed by atoms with E-state index in [2.05, 4.69) is 20.0 Å². The summed E-state index contributed by atoms with van der Waals surface area (Å²) in [5.74, 6) is 1.23. The Bertz CT molecular complexity index is 595. The normalized spacial score (nSPS) is 24.8. The summed E-state index contributed by atoms with van der Waals surface area (Å²) in [6.45, 7) is 1.56. The third-order valence-corrected chi connectivity index (χ3v) is 4.36. The molecule has 2 aromatic heterocycles. The van der Waals surface area contributed by atoms with Crippen LogP contribution in [0.4, 0.5) is 0 Å². The van der Waals surface area contributed by atoms with Crippen molar-refractivity contribution in [2.45, 2.75) is 38.1 Å². The van der Waals surface area contributed by atoms with Crippen LogP contribution in [0.3, 0.4) is 0 Å². The zero-order valence-corrected chi connectivity index (χ0v) is 13.0. The maximum absolute atomic E-state index is 10.3. The van der Waals surface area contributed by atoms with Crippen LogP contribution in [-0.2, 0) is 20.1 Å². The number of aliphatic hydroxyl groups is 1. The summed E-state index contributed by atoms with van der Waals surface area (Å²) in [4.78, 5) is 4.06. The molecule has 0 amide bonds. The van der Waals surface area contributed by atoms with Crippen LogP contribution < -0.4 is 10.1 Å². The average Bonchev–Trinajstić information content (AvgIpc) is 3.19. The van der Waals surface area contributed by atoms with Crippen LogP contribution in [0, 0.1) is 5.92 Å². The summed E-state index contributed by atoms with van der Waals surface area (Å²) in [7, 11) is 3.50. The van der Waals surface area contributed by atoms with Gasteiger partial charge in [-0.1, -0.05) is 0 Å². The van der Waals surface area contributed by atoms with Crippen LogP contribution in [-0.4, -0.2) is 43.7 Å². The molecule has 1 aliphatic rings. The van der Waals surface area contributed by atoms with Gasteiger partial charge in [-0.05, 0) is 18.8 Å². The molecule has 1 aliphatic carbocycles. The van der Waals surface area contributed by atoms with Crippen LogP contribution in [0.15, 0.2) is 24.9 Å². The molecule has 1 saturated carbocycles. The quantitative estimate of drug-likeness (QED) is 0.815. The van der Waals surface area contributed by atoms with Gasteiger partial charge < -0.3 is 19.7 Å². The minimum atomic E-state index is -0.309. The van der Waals surface area contributed by atoms with E-state index >= 15 is 0 Å². The molecular weight excluding hydrogens is 282 g/mol. The van der Waals surface area contributed by atoms with Gasteiger partial charge >= 0.3 is 0 Å². The van der Waals surface area contributed by atoms with Gasteiger partial charge in [0, 0.05) is 44.1 Å². The lowest BCUT2D eigenvalue weighted by molar-refractivity contribution is 0.145. The van der Waals surface area contributed by atoms with Gasteiger partial charge in [0.2, 0.25) is 5.88 Å². The summed E-state index contributed by atoms with van der Waals surface area (Å²) >= 11 is 0. The third kappa shape index (κ3) is 3.15. The molecule has 22 heavy (non-hydrogen) atoms. The first-order chi connectivity index (χ1) is 10.7. The molecule has 2 heterocycles. The van der Waals surface area contributed by atoms with Crippen molar-refractivity contribution in [1.29, 1.82) is 0 Å². The highest BCUT2D eigenvalue weighted by atomic mass is 16.5. The zero-order chi connectivity index (χ0) is 15.5. The summed E-state index contributed by atoms with van der Waals surface area (Å²) in [6, 6.07) is 0.110. The van der Waals surface area contributed by atoms with Crippen LogP contribution >= 0.6 is 0 Å². The first-order valence-electron chi connectivity index (χ1n) is 7.59. The van der Waals surface area contributed by atoms with E-state index in [9.17, 15) is 5.11 Å². The molecule has 3 rings (SSSR count). The Morgan fingerprint density at radius 3 is 3.05 bits per heavy atom. The van der Waals surface area contributed by atoms with Gasteiger partial charge in [0.15, 0.2) is 0 Å². The van der Waals surface area contributed by atoms with Crippen molar-refractivity contribution in [2.24, 2.45) is 13.0 Å². The fourth-order valence-corrected chi connectivity index (χ4v) is 3.28. The van der Waals surface area contributed by atoms with Crippen molar-refractivity contribution in [3.05, 3.63) is 30.5 Å². The van der Waals surface area contributed by atoms with E-state index in [-0.39, 0.29) is 12.1 Å². The highest BCUT2D eigenvalue weighted by Gasteiger charge is 2.32. The molecule has 0 spiro atoms. The van der Waals surface area contributed by atoms with E-state index in [1.807, 2.05) is 19.6 Å². The smallest absolute Gasteiger partial charge is 0.215 e. The summed E-state index contributed by atoms with van der Waals surface area (Å²) in [5.41, 5.74) is 1.01. The minimum absolute atomic E-state index is 0.110. The van der Waals surface area contributed by atoms with Crippen molar-refractivity contribution >= 4 is 0 Å². The molecule has 7 nitrogen and oxygen atoms in total. The number of ether oxygens (including phenoxy) is 1. The lowest BCUT2D eigenvalue weighted by atomic mass is 10.1. The van der Waals surface area contributed by atoms with Crippen LogP contribution in [0.5, 0.6) is 5.88 Å².